The Morgan fingerprint density at radius 3 is 2.53 bits per heavy atom. The monoisotopic (exact) mass is 427 g/mol. The van der Waals surface area contributed by atoms with Crippen LogP contribution in [0.5, 0.6) is 5.75 Å². The number of nitrogens with zero attached hydrogens (tertiary/aromatic N) is 2. The molecule has 30 heavy (non-hydrogen) atoms. The van der Waals surface area contributed by atoms with E-state index in [1.54, 1.807) is 49.4 Å². The van der Waals surface area contributed by atoms with Crippen LogP contribution >= 0.6 is 11.6 Å². The summed E-state index contributed by atoms with van der Waals surface area (Å²) in [5, 5.41) is 3.60. The SMILES string of the molecule is CCOc1ccc(-n2c(=O)c3ccc(Cl)cc3n([C@H](C)C(=O)NC3CC3)c2=O)cc1. The first-order valence-electron chi connectivity index (χ1n) is 9.91. The Bertz CT molecular complexity index is 1230. The molecule has 1 fully saturated rings. The number of carbonyl (C=O) groups excluding carboxylic acids is 1. The van der Waals surface area contributed by atoms with E-state index in [1.807, 2.05) is 6.92 Å². The summed E-state index contributed by atoms with van der Waals surface area (Å²) in [5.41, 5.74) is -0.341. The smallest absolute Gasteiger partial charge is 0.336 e. The molecular formula is C22H22ClN3O4. The van der Waals surface area contributed by atoms with Gasteiger partial charge in [-0.05, 0) is 69.2 Å². The quantitative estimate of drug-likeness (QED) is 0.655. The molecule has 0 spiro atoms. The Kier molecular flexibility index (Phi) is 5.39. The van der Waals surface area contributed by atoms with Crippen LogP contribution in [-0.2, 0) is 4.79 Å². The lowest BCUT2D eigenvalue weighted by atomic mass is 10.2. The highest BCUT2D eigenvalue weighted by Crippen LogP contribution is 2.22. The summed E-state index contributed by atoms with van der Waals surface area (Å²) >= 11 is 6.14. The summed E-state index contributed by atoms with van der Waals surface area (Å²) in [7, 11) is 0. The molecule has 1 amide bonds. The van der Waals surface area contributed by atoms with Crippen LogP contribution in [0.2, 0.25) is 5.02 Å². The Morgan fingerprint density at radius 1 is 1.20 bits per heavy atom. The van der Waals surface area contributed by atoms with Crippen LogP contribution in [0.1, 0.15) is 32.7 Å². The molecule has 1 aliphatic rings. The summed E-state index contributed by atoms with van der Waals surface area (Å²) in [6.45, 7) is 4.03. The number of halogens is 1. The molecular weight excluding hydrogens is 406 g/mol. The van der Waals surface area contributed by atoms with Crippen LogP contribution in [0, 0.1) is 0 Å². The third-order valence-corrected chi connectivity index (χ3v) is 5.38. The van der Waals surface area contributed by atoms with Gasteiger partial charge in [0.05, 0.1) is 23.2 Å². The zero-order valence-electron chi connectivity index (χ0n) is 16.7. The van der Waals surface area contributed by atoms with Crippen molar-refractivity contribution >= 4 is 28.4 Å². The van der Waals surface area contributed by atoms with Crippen LogP contribution < -0.4 is 21.3 Å². The number of carbonyl (C=O) groups is 1. The highest BCUT2D eigenvalue weighted by molar-refractivity contribution is 6.31. The number of hydrogen-bond donors (Lipinski definition) is 1. The van der Waals surface area contributed by atoms with Crippen molar-refractivity contribution in [3.8, 4) is 11.4 Å². The fraction of sp³-hybridized carbons (Fsp3) is 0.318. The van der Waals surface area contributed by atoms with Gasteiger partial charge in [-0.2, -0.15) is 0 Å². The predicted octanol–water partition coefficient (Wildman–Crippen LogP) is 3.04. The highest BCUT2D eigenvalue weighted by atomic mass is 35.5. The number of fused-ring (bicyclic) bond motifs is 1. The number of amides is 1. The summed E-state index contributed by atoms with van der Waals surface area (Å²) in [4.78, 5) is 39.3. The summed E-state index contributed by atoms with van der Waals surface area (Å²) in [6, 6.07) is 10.8. The van der Waals surface area contributed by atoms with E-state index in [4.69, 9.17) is 16.3 Å². The van der Waals surface area contributed by atoms with E-state index >= 15 is 0 Å². The van der Waals surface area contributed by atoms with Crippen molar-refractivity contribution in [2.45, 2.75) is 38.8 Å². The number of benzene rings is 2. The normalized spacial score (nSPS) is 14.5. The van der Waals surface area contributed by atoms with Crippen LogP contribution in [0.3, 0.4) is 0 Å². The van der Waals surface area contributed by atoms with Gasteiger partial charge in [-0.1, -0.05) is 11.6 Å². The van der Waals surface area contributed by atoms with E-state index in [-0.39, 0.29) is 11.9 Å². The van der Waals surface area contributed by atoms with Gasteiger partial charge < -0.3 is 10.1 Å². The second kappa shape index (κ2) is 7.99. The molecule has 1 atom stereocenters. The highest BCUT2D eigenvalue weighted by Gasteiger charge is 2.28. The lowest BCUT2D eigenvalue weighted by molar-refractivity contribution is -0.124. The first-order valence-corrected chi connectivity index (χ1v) is 10.3. The van der Waals surface area contributed by atoms with Crippen LogP contribution in [0.25, 0.3) is 16.6 Å². The number of rotatable bonds is 6. The summed E-state index contributed by atoms with van der Waals surface area (Å²) in [6.07, 6.45) is 1.87. The fourth-order valence-electron chi connectivity index (χ4n) is 3.43. The van der Waals surface area contributed by atoms with Gasteiger partial charge in [0.15, 0.2) is 0 Å². The van der Waals surface area contributed by atoms with E-state index in [0.717, 1.165) is 17.4 Å². The van der Waals surface area contributed by atoms with Crippen molar-refractivity contribution < 1.29 is 9.53 Å². The van der Waals surface area contributed by atoms with Gasteiger partial charge in [0.25, 0.3) is 5.56 Å². The second-order valence-electron chi connectivity index (χ2n) is 7.34. The minimum absolute atomic E-state index is 0.155. The standard InChI is InChI=1S/C22H22ClN3O4/c1-3-30-17-9-7-16(8-10-17)26-21(28)18-11-4-14(23)12-19(18)25(22(26)29)13(2)20(27)24-15-5-6-15/h4,7-13,15H,3,5-6H2,1-2H3,(H,24,27)/t13-/m1/s1. The average Bonchev–Trinajstić information content (AvgIpc) is 3.53. The van der Waals surface area contributed by atoms with Gasteiger partial charge in [-0.3, -0.25) is 14.2 Å². The Hall–Kier alpha value is -3.06. The van der Waals surface area contributed by atoms with Gasteiger partial charge >= 0.3 is 5.69 Å². The molecule has 7 nitrogen and oxygen atoms in total. The van der Waals surface area contributed by atoms with Crippen molar-refractivity contribution in [3.63, 3.8) is 0 Å². The Labute approximate surface area is 177 Å². The lowest BCUT2D eigenvalue weighted by Gasteiger charge is -2.20. The molecule has 1 N–H and O–H groups in total. The van der Waals surface area contributed by atoms with Gasteiger partial charge in [0.2, 0.25) is 5.91 Å². The summed E-state index contributed by atoms with van der Waals surface area (Å²) < 4.78 is 7.84. The number of hydrogen-bond acceptors (Lipinski definition) is 4. The fourth-order valence-corrected chi connectivity index (χ4v) is 3.60. The first kappa shape index (κ1) is 20.2. The number of nitrogens with one attached hydrogen (secondary N) is 1. The minimum atomic E-state index is -0.811. The maximum absolute atomic E-state index is 13.4. The average molecular weight is 428 g/mol. The molecule has 1 aromatic heterocycles. The van der Waals surface area contributed by atoms with Gasteiger partial charge in [-0.15, -0.1) is 0 Å². The van der Waals surface area contributed by atoms with Gasteiger partial charge in [0, 0.05) is 11.1 Å². The van der Waals surface area contributed by atoms with E-state index < -0.39 is 17.3 Å². The molecule has 156 valence electrons. The third kappa shape index (κ3) is 3.73. The summed E-state index contributed by atoms with van der Waals surface area (Å²) in [5.74, 6) is 0.372. The molecule has 1 saturated carbocycles. The molecule has 0 saturated heterocycles. The van der Waals surface area contributed by atoms with Crippen molar-refractivity contribution in [1.82, 2.24) is 14.5 Å². The zero-order valence-corrected chi connectivity index (χ0v) is 17.5. The topological polar surface area (TPSA) is 82.3 Å². The van der Waals surface area contributed by atoms with E-state index in [9.17, 15) is 14.4 Å². The molecule has 3 aromatic rings. The van der Waals surface area contributed by atoms with Gasteiger partial charge in [0.1, 0.15) is 11.8 Å². The lowest BCUT2D eigenvalue weighted by Crippen LogP contribution is -2.44. The molecule has 1 heterocycles. The molecule has 2 aromatic carbocycles. The molecule has 1 aliphatic carbocycles. The zero-order chi connectivity index (χ0) is 21.4. The second-order valence-corrected chi connectivity index (χ2v) is 7.78. The molecule has 4 rings (SSSR count). The third-order valence-electron chi connectivity index (χ3n) is 5.15. The van der Waals surface area contributed by atoms with Crippen molar-refractivity contribution in [2.24, 2.45) is 0 Å². The molecule has 0 aliphatic heterocycles. The number of aromatic nitrogens is 2. The molecule has 8 heteroatoms. The molecule has 0 radical (unpaired) electrons. The van der Waals surface area contributed by atoms with Crippen molar-refractivity contribution in [2.75, 3.05) is 6.61 Å². The van der Waals surface area contributed by atoms with Crippen molar-refractivity contribution in [3.05, 3.63) is 68.3 Å². The predicted molar refractivity (Wildman–Crippen MR) is 116 cm³/mol. The largest absolute Gasteiger partial charge is 0.494 e. The van der Waals surface area contributed by atoms with Crippen molar-refractivity contribution in [1.29, 1.82) is 0 Å². The van der Waals surface area contributed by atoms with Crippen LogP contribution in [-0.4, -0.2) is 27.7 Å². The van der Waals surface area contributed by atoms with Crippen LogP contribution in [0.4, 0.5) is 0 Å². The maximum atomic E-state index is 13.4. The van der Waals surface area contributed by atoms with Crippen LogP contribution in [0.15, 0.2) is 52.1 Å². The maximum Gasteiger partial charge on any atom is 0.336 e. The first-order chi connectivity index (χ1) is 14.4. The molecule has 0 unspecified atom stereocenters. The van der Waals surface area contributed by atoms with Gasteiger partial charge in [-0.25, -0.2) is 9.36 Å². The van der Waals surface area contributed by atoms with E-state index in [2.05, 4.69) is 5.32 Å². The minimum Gasteiger partial charge on any atom is -0.494 e. The van der Waals surface area contributed by atoms with E-state index in [1.165, 1.54) is 4.57 Å². The number of ether oxygens (including phenoxy) is 1. The Morgan fingerprint density at radius 2 is 1.90 bits per heavy atom. The Balaban J connectivity index is 1.93. The van der Waals surface area contributed by atoms with E-state index in [0.29, 0.717) is 34.0 Å². The molecule has 0 bridgehead atoms.